The molecule has 110 valence electrons. The Kier molecular flexibility index (Phi) is 4.88. The van der Waals surface area contributed by atoms with Gasteiger partial charge in [-0.05, 0) is 43.9 Å². The number of carbonyl (C=O) groups is 1. The number of aliphatic hydroxyl groups is 1. The zero-order chi connectivity index (χ0) is 13.9. The van der Waals surface area contributed by atoms with Gasteiger partial charge in [0, 0.05) is 13.1 Å². The van der Waals surface area contributed by atoms with Gasteiger partial charge < -0.3 is 10.0 Å². The van der Waals surface area contributed by atoms with Gasteiger partial charge in [-0.25, -0.2) is 0 Å². The molecule has 1 unspecified atom stereocenters. The van der Waals surface area contributed by atoms with E-state index in [4.69, 9.17) is 0 Å². The maximum Gasteiger partial charge on any atom is 0.225 e. The Labute approximate surface area is 117 Å². The van der Waals surface area contributed by atoms with Crippen LogP contribution >= 0.6 is 0 Å². The summed E-state index contributed by atoms with van der Waals surface area (Å²) in [5, 5.41) is 10.4. The summed E-state index contributed by atoms with van der Waals surface area (Å²) >= 11 is 0. The lowest BCUT2D eigenvalue weighted by Gasteiger charge is -2.27. The lowest BCUT2D eigenvalue weighted by atomic mass is 9.89. The predicted octanol–water partition coefficient (Wildman–Crippen LogP) is 2.97. The second-order valence-corrected chi connectivity index (χ2v) is 6.92. The minimum absolute atomic E-state index is 0.175. The van der Waals surface area contributed by atoms with E-state index in [1.54, 1.807) is 0 Å². The maximum atomic E-state index is 12.4. The summed E-state index contributed by atoms with van der Waals surface area (Å²) in [5.74, 6) is 1.65. The van der Waals surface area contributed by atoms with Gasteiger partial charge in [-0.2, -0.15) is 0 Å². The SMILES string of the molecule is CC(C)C1CCCN(C(=O)CC2(O)CCCC2)CC1. The normalized spacial score (nSPS) is 27.6. The first-order valence-electron chi connectivity index (χ1n) is 8.00. The third kappa shape index (κ3) is 3.95. The van der Waals surface area contributed by atoms with Crippen molar-refractivity contribution < 1.29 is 9.90 Å². The number of likely N-dealkylation sites (tertiary alicyclic amines) is 1. The van der Waals surface area contributed by atoms with E-state index in [0.717, 1.165) is 57.5 Å². The number of carbonyl (C=O) groups excluding carboxylic acids is 1. The van der Waals surface area contributed by atoms with Gasteiger partial charge in [0.25, 0.3) is 0 Å². The quantitative estimate of drug-likeness (QED) is 0.854. The first-order valence-corrected chi connectivity index (χ1v) is 8.00. The molecule has 1 atom stereocenters. The van der Waals surface area contributed by atoms with Crippen LogP contribution in [0.4, 0.5) is 0 Å². The number of nitrogens with zero attached hydrogens (tertiary/aromatic N) is 1. The monoisotopic (exact) mass is 267 g/mol. The van der Waals surface area contributed by atoms with Gasteiger partial charge >= 0.3 is 0 Å². The molecule has 0 aromatic carbocycles. The molecule has 1 saturated carbocycles. The van der Waals surface area contributed by atoms with Gasteiger partial charge in [0.05, 0.1) is 12.0 Å². The highest BCUT2D eigenvalue weighted by molar-refractivity contribution is 5.77. The molecule has 3 nitrogen and oxygen atoms in total. The van der Waals surface area contributed by atoms with E-state index in [2.05, 4.69) is 13.8 Å². The lowest BCUT2D eigenvalue weighted by Crippen LogP contribution is -2.38. The highest BCUT2D eigenvalue weighted by atomic mass is 16.3. The third-order valence-corrected chi connectivity index (χ3v) is 5.08. The zero-order valence-corrected chi connectivity index (χ0v) is 12.5. The summed E-state index contributed by atoms with van der Waals surface area (Å²) in [6.07, 6.45) is 7.58. The summed E-state index contributed by atoms with van der Waals surface area (Å²) in [6, 6.07) is 0. The van der Waals surface area contributed by atoms with E-state index in [-0.39, 0.29) is 5.91 Å². The smallest absolute Gasteiger partial charge is 0.225 e. The van der Waals surface area contributed by atoms with E-state index in [9.17, 15) is 9.90 Å². The molecule has 1 N–H and O–H groups in total. The number of hydrogen-bond acceptors (Lipinski definition) is 2. The molecule has 0 aromatic heterocycles. The average Bonchev–Trinajstić information content (AvgIpc) is 2.65. The lowest BCUT2D eigenvalue weighted by molar-refractivity contribution is -0.136. The minimum Gasteiger partial charge on any atom is -0.389 e. The minimum atomic E-state index is -0.694. The molecule has 0 aromatic rings. The van der Waals surface area contributed by atoms with Crippen LogP contribution in [-0.2, 0) is 4.79 Å². The van der Waals surface area contributed by atoms with Crippen LogP contribution in [0.1, 0.15) is 65.2 Å². The van der Waals surface area contributed by atoms with Crippen molar-refractivity contribution in [1.82, 2.24) is 4.90 Å². The fourth-order valence-corrected chi connectivity index (χ4v) is 3.64. The predicted molar refractivity (Wildman–Crippen MR) is 76.8 cm³/mol. The first-order chi connectivity index (χ1) is 9.00. The van der Waals surface area contributed by atoms with Gasteiger partial charge in [-0.15, -0.1) is 0 Å². The molecule has 0 radical (unpaired) electrons. The highest BCUT2D eigenvalue weighted by Gasteiger charge is 2.35. The van der Waals surface area contributed by atoms with Crippen molar-refractivity contribution >= 4 is 5.91 Å². The molecule has 1 aliphatic heterocycles. The van der Waals surface area contributed by atoms with Crippen molar-refractivity contribution in [2.75, 3.05) is 13.1 Å². The summed E-state index contributed by atoms with van der Waals surface area (Å²) in [5.41, 5.74) is -0.694. The summed E-state index contributed by atoms with van der Waals surface area (Å²) < 4.78 is 0. The molecule has 2 aliphatic rings. The van der Waals surface area contributed by atoms with Crippen molar-refractivity contribution in [3.05, 3.63) is 0 Å². The molecular weight excluding hydrogens is 238 g/mol. The van der Waals surface area contributed by atoms with Crippen LogP contribution in [0.15, 0.2) is 0 Å². The van der Waals surface area contributed by atoms with Crippen LogP contribution in [0.25, 0.3) is 0 Å². The maximum absolute atomic E-state index is 12.4. The Morgan fingerprint density at radius 1 is 1.21 bits per heavy atom. The number of hydrogen-bond donors (Lipinski definition) is 1. The fraction of sp³-hybridized carbons (Fsp3) is 0.938. The topological polar surface area (TPSA) is 40.5 Å². The first kappa shape index (κ1) is 14.8. The van der Waals surface area contributed by atoms with Crippen molar-refractivity contribution in [1.29, 1.82) is 0 Å². The molecule has 1 heterocycles. The molecule has 1 aliphatic carbocycles. The van der Waals surface area contributed by atoms with Crippen molar-refractivity contribution in [3.63, 3.8) is 0 Å². The van der Waals surface area contributed by atoms with Gasteiger partial charge in [0.15, 0.2) is 0 Å². The van der Waals surface area contributed by atoms with E-state index < -0.39 is 5.60 Å². The van der Waals surface area contributed by atoms with Crippen LogP contribution in [0, 0.1) is 11.8 Å². The van der Waals surface area contributed by atoms with E-state index in [0.29, 0.717) is 12.3 Å². The van der Waals surface area contributed by atoms with Crippen LogP contribution in [0.3, 0.4) is 0 Å². The van der Waals surface area contributed by atoms with Gasteiger partial charge in [-0.3, -0.25) is 4.79 Å². The molecule has 0 spiro atoms. The molecular formula is C16H29NO2. The highest BCUT2D eigenvalue weighted by Crippen LogP contribution is 2.33. The van der Waals surface area contributed by atoms with Crippen LogP contribution in [-0.4, -0.2) is 34.6 Å². The van der Waals surface area contributed by atoms with Crippen molar-refractivity contribution in [2.45, 2.75) is 70.8 Å². The van der Waals surface area contributed by atoms with Crippen molar-refractivity contribution in [2.24, 2.45) is 11.8 Å². The van der Waals surface area contributed by atoms with Crippen LogP contribution in [0.2, 0.25) is 0 Å². The number of amides is 1. The molecule has 2 rings (SSSR count). The van der Waals surface area contributed by atoms with Crippen LogP contribution in [0.5, 0.6) is 0 Å². The van der Waals surface area contributed by atoms with Gasteiger partial charge in [0.2, 0.25) is 5.91 Å². The summed E-state index contributed by atoms with van der Waals surface area (Å²) in [7, 11) is 0. The standard InChI is InChI=1S/C16H29NO2/c1-13(2)14-6-5-10-17(11-7-14)15(18)12-16(19)8-3-4-9-16/h13-14,19H,3-12H2,1-2H3. The van der Waals surface area contributed by atoms with E-state index in [1.807, 2.05) is 4.90 Å². The molecule has 3 heteroatoms. The molecule has 1 amide bonds. The fourth-order valence-electron chi connectivity index (χ4n) is 3.64. The Balaban J connectivity index is 1.85. The second kappa shape index (κ2) is 6.25. The Morgan fingerprint density at radius 3 is 2.53 bits per heavy atom. The third-order valence-electron chi connectivity index (χ3n) is 5.08. The molecule has 19 heavy (non-hydrogen) atoms. The Bertz CT molecular complexity index is 308. The number of rotatable bonds is 3. The van der Waals surface area contributed by atoms with Crippen LogP contribution < -0.4 is 0 Å². The largest absolute Gasteiger partial charge is 0.389 e. The zero-order valence-electron chi connectivity index (χ0n) is 12.5. The van der Waals surface area contributed by atoms with Crippen molar-refractivity contribution in [3.8, 4) is 0 Å². The van der Waals surface area contributed by atoms with E-state index in [1.165, 1.54) is 6.42 Å². The molecule has 2 fully saturated rings. The van der Waals surface area contributed by atoms with E-state index >= 15 is 0 Å². The average molecular weight is 267 g/mol. The molecule has 0 bridgehead atoms. The van der Waals surface area contributed by atoms with Gasteiger partial charge in [0.1, 0.15) is 0 Å². The summed E-state index contributed by atoms with van der Waals surface area (Å²) in [4.78, 5) is 14.4. The van der Waals surface area contributed by atoms with Gasteiger partial charge in [-0.1, -0.05) is 26.7 Å². The molecule has 1 saturated heterocycles. The Morgan fingerprint density at radius 2 is 1.89 bits per heavy atom. The summed E-state index contributed by atoms with van der Waals surface area (Å²) in [6.45, 7) is 6.34. The second-order valence-electron chi connectivity index (χ2n) is 6.92. The Hall–Kier alpha value is -0.570.